The number of carbonyl (C=O) groups is 1. The predicted molar refractivity (Wildman–Crippen MR) is 138 cm³/mol. The highest BCUT2D eigenvalue weighted by atomic mass is 32.1. The van der Waals surface area contributed by atoms with Gasteiger partial charge in [-0.3, -0.25) is 0 Å². The number of anilines is 1. The summed E-state index contributed by atoms with van der Waals surface area (Å²) in [6.45, 7) is 8.06. The van der Waals surface area contributed by atoms with Crippen molar-refractivity contribution in [1.29, 1.82) is 0 Å². The van der Waals surface area contributed by atoms with Gasteiger partial charge in [-0.1, -0.05) is 39.7 Å². The summed E-state index contributed by atoms with van der Waals surface area (Å²) >= 11 is 1.62. The van der Waals surface area contributed by atoms with E-state index in [1.54, 1.807) is 11.3 Å². The third-order valence-corrected chi connectivity index (χ3v) is 9.56. The minimum Gasteiger partial charge on any atom is -0.465 e. The maximum Gasteiger partial charge on any atom is 0.350 e. The van der Waals surface area contributed by atoms with E-state index < -0.39 is 0 Å². The Morgan fingerprint density at radius 1 is 1.15 bits per heavy atom. The highest BCUT2D eigenvalue weighted by molar-refractivity contribution is 7.15. The van der Waals surface area contributed by atoms with Gasteiger partial charge in [-0.2, -0.15) is 0 Å². The van der Waals surface area contributed by atoms with Gasteiger partial charge < -0.3 is 14.7 Å². The van der Waals surface area contributed by atoms with Crippen molar-refractivity contribution in [2.24, 2.45) is 17.3 Å². The number of allylic oxidation sites excluding steroid dienone is 2. The second-order valence-corrected chi connectivity index (χ2v) is 12.7. The molecule has 0 aliphatic heterocycles. The zero-order chi connectivity index (χ0) is 23.6. The number of rotatable bonds is 6. The fourth-order valence-corrected chi connectivity index (χ4v) is 7.05. The quantitative estimate of drug-likeness (QED) is 0.449. The molecule has 3 aliphatic rings. The molecule has 2 saturated carbocycles. The van der Waals surface area contributed by atoms with Crippen molar-refractivity contribution in [3.8, 4) is 0 Å². The Labute approximate surface area is 204 Å². The summed E-state index contributed by atoms with van der Waals surface area (Å²) in [6.07, 6.45) is 14.4. The molecule has 0 atom stereocenters. The lowest BCUT2D eigenvalue weighted by atomic mass is 9.78. The lowest BCUT2D eigenvalue weighted by molar-refractivity contribution is 0.0606. The number of hydrogen-bond donors (Lipinski definition) is 1. The van der Waals surface area contributed by atoms with Crippen molar-refractivity contribution in [3.05, 3.63) is 21.9 Å². The average Bonchev–Trinajstić information content (AvgIpc) is 3.24. The van der Waals surface area contributed by atoms with Crippen molar-refractivity contribution >= 4 is 28.6 Å². The molecule has 0 unspecified atom stereocenters. The number of nitrogens with zero attached hydrogens (tertiary/aromatic N) is 1. The van der Waals surface area contributed by atoms with Gasteiger partial charge in [-0.15, -0.1) is 11.3 Å². The average molecular weight is 474 g/mol. The molecular weight excluding hydrogens is 430 g/mol. The van der Waals surface area contributed by atoms with Gasteiger partial charge in [0.15, 0.2) is 0 Å². The zero-order valence-corrected chi connectivity index (χ0v) is 21.9. The van der Waals surface area contributed by atoms with Crippen molar-refractivity contribution in [3.63, 3.8) is 0 Å². The van der Waals surface area contributed by atoms with E-state index in [-0.39, 0.29) is 12.1 Å². The molecule has 0 aromatic carbocycles. The Morgan fingerprint density at radius 3 is 2.45 bits per heavy atom. The van der Waals surface area contributed by atoms with E-state index in [2.05, 4.69) is 37.8 Å². The highest BCUT2D eigenvalue weighted by Gasteiger charge is 2.33. The Hall–Kier alpha value is -1.33. The summed E-state index contributed by atoms with van der Waals surface area (Å²) in [7, 11) is 1.50. The Kier molecular flexibility index (Phi) is 7.90. The molecule has 3 aliphatic carbocycles. The molecule has 1 heterocycles. The summed E-state index contributed by atoms with van der Waals surface area (Å²) in [4.78, 5) is 17.5. The first-order chi connectivity index (χ1) is 15.8. The lowest BCUT2D eigenvalue weighted by Crippen LogP contribution is -2.43. The standard InChI is InChI=1S/C28H43NO3S/c1-19-5-7-20(8-6-19)18-29(22-9-11-23(30)12-10-22)24-17-25(33-26(24)27(31)32-4)21-13-15-28(2,3)16-14-21/h13,17,19-20,22-23,30H,5-12,14-16,18H2,1-4H3. The van der Waals surface area contributed by atoms with Crippen LogP contribution in [-0.2, 0) is 4.74 Å². The largest absolute Gasteiger partial charge is 0.465 e. The number of esters is 1. The van der Waals surface area contributed by atoms with Crippen LogP contribution in [0, 0.1) is 17.3 Å². The molecule has 0 saturated heterocycles. The molecule has 2 fully saturated rings. The van der Waals surface area contributed by atoms with Gasteiger partial charge in [0.2, 0.25) is 0 Å². The second-order valence-electron chi connectivity index (χ2n) is 11.7. The van der Waals surface area contributed by atoms with Crippen molar-refractivity contribution < 1.29 is 14.6 Å². The summed E-state index contributed by atoms with van der Waals surface area (Å²) in [5, 5.41) is 10.1. The molecule has 0 spiro atoms. The number of hydrogen-bond acceptors (Lipinski definition) is 5. The van der Waals surface area contributed by atoms with E-state index in [9.17, 15) is 9.90 Å². The van der Waals surface area contributed by atoms with Gasteiger partial charge in [0, 0.05) is 17.5 Å². The fraction of sp³-hybridized carbons (Fsp3) is 0.750. The Morgan fingerprint density at radius 2 is 1.85 bits per heavy atom. The first-order valence-electron chi connectivity index (χ1n) is 13.1. The molecule has 5 heteroatoms. The van der Waals surface area contributed by atoms with Crippen LogP contribution in [-0.4, -0.2) is 36.9 Å². The Bertz CT molecular complexity index is 841. The number of aliphatic hydroxyl groups excluding tert-OH is 1. The maximum atomic E-state index is 12.9. The molecule has 4 nitrogen and oxygen atoms in total. The van der Waals surface area contributed by atoms with E-state index in [1.807, 2.05) is 0 Å². The van der Waals surface area contributed by atoms with Crippen LogP contribution in [0.15, 0.2) is 12.1 Å². The lowest BCUT2D eigenvalue weighted by Gasteiger charge is -2.40. The molecule has 33 heavy (non-hydrogen) atoms. The summed E-state index contributed by atoms with van der Waals surface area (Å²) < 4.78 is 5.25. The van der Waals surface area contributed by atoms with Crippen molar-refractivity contribution in [2.75, 3.05) is 18.6 Å². The van der Waals surface area contributed by atoms with Gasteiger partial charge in [-0.25, -0.2) is 4.79 Å². The summed E-state index contributed by atoms with van der Waals surface area (Å²) in [6, 6.07) is 2.68. The minimum atomic E-state index is -0.212. The monoisotopic (exact) mass is 473 g/mol. The molecule has 0 amide bonds. The number of carbonyl (C=O) groups excluding carboxylic acids is 1. The van der Waals surface area contributed by atoms with Gasteiger partial charge in [0.05, 0.1) is 18.9 Å². The molecule has 0 bridgehead atoms. The number of ether oxygens (including phenoxy) is 1. The fourth-order valence-electron chi connectivity index (χ4n) is 5.90. The van der Waals surface area contributed by atoms with E-state index in [0.717, 1.165) is 61.6 Å². The van der Waals surface area contributed by atoms with Crippen LogP contribution in [0.2, 0.25) is 0 Å². The highest BCUT2D eigenvalue weighted by Crippen LogP contribution is 2.44. The normalized spacial score (nSPS) is 29.9. The molecule has 1 aromatic heterocycles. The first-order valence-corrected chi connectivity index (χ1v) is 13.9. The molecule has 184 valence electrons. The van der Waals surface area contributed by atoms with Crippen LogP contribution in [0.25, 0.3) is 5.57 Å². The van der Waals surface area contributed by atoms with Crippen LogP contribution >= 0.6 is 11.3 Å². The topological polar surface area (TPSA) is 49.8 Å². The van der Waals surface area contributed by atoms with Crippen LogP contribution in [0.3, 0.4) is 0 Å². The van der Waals surface area contributed by atoms with E-state index in [1.165, 1.54) is 49.7 Å². The van der Waals surface area contributed by atoms with Crippen LogP contribution < -0.4 is 4.90 Å². The van der Waals surface area contributed by atoms with Gasteiger partial charge in [-0.05, 0) is 86.7 Å². The SMILES string of the molecule is COC(=O)c1sc(C2=CCC(C)(C)CC2)cc1N(CC1CCC(C)CC1)C1CCC(O)CC1. The summed E-state index contributed by atoms with van der Waals surface area (Å²) in [5.74, 6) is 1.30. The number of aliphatic hydroxyl groups is 1. The molecular formula is C28H43NO3S. The van der Waals surface area contributed by atoms with Crippen LogP contribution in [0.5, 0.6) is 0 Å². The third kappa shape index (κ3) is 6.03. The van der Waals surface area contributed by atoms with Gasteiger partial charge >= 0.3 is 5.97 Å². The smallest absolute Gasteiger partial charge is 0.350 e. The number of thiophene rings is 1. The van der Waals surface area contributed by atoms with Gasteiger partial charge in [0.25, 0.3) is 0 Å². The van der Waals surface area contributed by atoms with E-state index >= 15 is 0 Å². The predicted octanol–water partition coefficient (Wildman–Crippen LogP) is 7.06. The van der Waals surface area contributed by atoms with Crippen molar-refractivity contribution in [1.82, 2.24) is 0 Å². The first kappa shape index (κ1) is 24.8. The third-order valence-electron chi connectivity index (χ3n) is 8.38. The van der Waals surface area contributed by atoms with Crippen LogP contribution in [0.1, 0.15) is 106 Å². The maximum absolute atomic E-state index is 12.9. The van der Waals surface area contributed by atoms with Crippen LogP contribution in [0.4, 0.5) is 5.69 Å². The molecule has 4 rings (SSSR count). The van der Waals surface area contributed by atoms with E-state index in [0.29, 0.717) is 17.4 Å². The molecule has 1 N–H and O–H groups in total. The zero-order valence-electron chi connectivity index (χ0n) is 21.1. The minimum absolute atomic E-state index is 0.174. The van der Waals surface area contributed by atoms with E-state index in [4.69, 9.17) is 4.74 Å². The second kappa shape index (κ2) is 10.5. The summed E-state index contributed by atoms with van der Waals surface area (Å²) in [5.41, 5.74) is 2.83. The van der Waals surface area contributed by atoms with Crippen molar-refractivity contribution in [2.45, 2.75) is 104 Å². The molecule has 0 radical (unpaired) electrons. The Balaban J connectivity index is 1.66. The van der Waals surface area contributed by atoms with Gasteiger partial charge in [0.1, 0.15) is 4.88 Å². The molecule has 1 aromatic rings. The number of methoxy groups -OCH3 is 1.